The molecule has 0 saturated heterocycles. The van der Waals surface area contributed by atoms with Gasteiger partial charge in [0.15, 0.2) is 0 Å². The Balaban J connectivity index is 1.60. The van der Waals surface area contributed by atoms with E-state index in [1.165, 1.54) is 30.4 Å². The summed E-state index contributed by atoms with van der Waals surface area (Å²) in [6.45, 7) is 1.41. The number of aromatic nitrogens is 1. The van der Waals surface area contributed by atoms with Crippen molar-refractivity contribution in [1.82, 2.24) is 4.98 Å². The minimum Gasteiger partial charge on any atom is -0.326 e. The van der Waals surface area contributed by atoms with Gasteiger partial charge in [0.2, 0.25) is 11.8 Å². The molecule has 0 bridgehead atoms. The summed E-state index contributed by atoms with van der Waals surface area (Å²) in [6, 6.07) is 20.6. The minimum atomic E-state index is -0.367. The van der Waals surface area contributed by atoms with E-state index in [1.54, 1.807) is 36.4 Å². The van der Waals surface area contributed by atoms with Crippen LogP contribution in [0.4, 0.5) is 15.8 Å². The zero-order chi connectivity index (χ0) is 24.8. The molecule has 6 nitrogen and oxygen atoms in total. The van der Waals surface area contributed by atoms with E-state index in [0.717, 1.165) is 16.6 Å². The molecule has 0 aliphatic rings. The highest BCUT2D eigenvalue weighted by atomic mass is 32.2. The highest BCUT2D eigenvalue weighted by Gasteiger charge is 2.17. The summed E-state index contributed by atoms with van der Waals surface area (Å²) in [6.07, 6.45) is 0. The van der Waals surface area contributed by atoms with E-state index < -0.39 is 0 Å². The summed E-state index contributed by atoms with van der Waals surface area (Å²) in [5, 5.41) is 17.7. The molecule has 0 radical (unpaired) electrons. The SMILES string of the molecule is CC(=O)Nc1cccc(NC(=O)CSc2nc(-c3cccs3)cc(-c3ccc(F)cc3)c2C#N)c1. The normalized spacial score (nSPS) is 10.4. The summed E-state index contributed by atoms with van der Waals surface area (Å²) in [5.74, 6) is -0.844. The van der Waals surface area contributed by atoms with Gasteiger partial charge in [0, 0.05) is 23.9 Å². The van der Waals surface area contributed by atoms with Crippen LogP contribution in [-0.2, 0) is 9.59 Å². The van der Waals surface area contributed by atoms with Gasteiger partial charge in [-0.05, 0) is 53.4 Å². The number of rotatable bonds is 7. The summed E-state index contributed by atoms with van der Waals surface area (Å²) < 4.78 is 13.5. The average molecular weight is 503 g/mol. The van der Waals surface area contributed by atoms with Crippen molar-refractivity contribution in [2.45, 2.75) is 11.9 Å². The number of hydrogen-bond donors (Lipinski definition) is 2. The van der Waals surface area contributed by atoms with Crippen LogP contribution in [-0.4, -0.2) is 22.6 Å². The lowest BCUT2D eigenvalue weighted by molar-refractivity contribution is -0.114. The minimum absolute atomic E-state index is 0.0167. The number of pyridine rings is 1. The summed E-state index contributed by atoms with van der Waals surface area (Å²) in [4.78, 5) is 29.5. The van der Waals surface area contributed by atoms with Gasteiger partial charge < -0.3 is 10.6 Å². The lowest BCUT2D eigenvalue weighted by atomic mass is 10.0. The fraction of sp³-hybridized carbons (Fsp3) is 0.0769. The first kappa shape index (κ1) is 24.1. The van der Waals surface area contributed by atoms with E-state index in [2.05, 4.69) is 21.7 Å². The molecule has 174 valence electrons. The highest BCUT2D eigenvalue weighted by molar-refractivity contribution is 8.00. The molecule has 2 aromatic heterocycles. The van der Waals surface area contributed by atoms with Crippen LogP contribution in [0.2, 0.25) is 0 Å². The van der Waals surface area contributed by atoms with Crippen LogP contribution in [0.15, 0.2) is 77.1 Å². The predicted octanol–water partition coefficient (Wildman–Crippen LogP) is 6.18. The van der Waals surface area contributed by atoms with Crippen molar-refractivity contribution >= 4 is 46.3 Å². The number of nitrogens with one attached hydrogen (secondary N) is 2. The number of thioether (sulfide) groups is 1. The number of anilines is 2. The molecule has 0 atom stereocenters. The third kappa shape index (κ3) is 6.12. The molecule has 9 heteroatoms. The van der Waals surface area contributed by atoms with E-state index in [9.17, 15) is 19.2 Å². The number of amides is 2. The maximum atomic E-state index is 13.5. The average Bonchev–Trinajstić information content (AvgIpc) is 3.37. The summed E-state index contributed by atoms with van der Waals surface area (Å²) in [7, 11) is 0. The second-order valence-corrected chi connectivity index (χ2v) is 9.34. The predicted molar refractivity (Wildman–Crippen MR) is 138 cm³/mol. The van der Waals surface area contributed by atoms with E-state index in [-0.39, 0.29) is 23.4 Å². The molecule has 0 unspecified atom stereocenters. The van der Waals surface area contributed by atoms with Gasteiger partial charge in [-0.1, -0.05) is 36.0 Å². The first-order valence-corrected chi connectivity index (χ1v) is 12.3. The molecule has 0 spiro atoms. The van der Waals surface area contributed by atoms with Crippen molar-refractivity contribution < 1.29 is 14.0 Å². The van der Waals surface area contributed by atoms with Crippen molar-refractivity contribution in [1.29, 1.82) is 5.26 Å². The number of nitrogens with zero attached hydrogens (tertiary/aromatic N) is 2. The topological polar surface area (TPSA) is 94.9 Å². The molecule has 2 aromatic carbocycles. The van der Waals surface area contributed by atoms with Crippen molar-refractivity contribution in [2.24, 2.45) is 0 Å². The van der Waals surface area contributed by atoms with Crippen LogP contribution >= 0.6 is 23.1 Å². The third-order valence-electron chi connectivity index (χ3n) is 4.83. The van der Waals surface area contributed by atoms with E-state index >= 15 is 0 Å². The Kier molecular flexibility index (Phi) is 7.55. The maximum Gasteiger partial charge on any atom is 0.234 e. The number of thiophene rings is 1. The maximum absolute atomic E-state index is 13.5. The van der Waals surface area contributed by atoms with Crippen LogP contribution in [0, 0.1) is 17.1 Å². The van der Waals surface area contributed by atoms with Crippen LogP contribution in [0.25, 0.3) is 21.7 Å². The zero-order valence-electron chi connectivity index (χ0n) is 18.5. The van der Waals surface area contributed by atoms with Gasteiger partial charge in [0.05, 0.1) is 21.9 Å². The molecule has 0 aliphatic carbocycles. The number of hydrogen-bond acceptors (Lipinski definition) is 6. The van der Waals surface area contributed by atoms with E-state index in [4.69, 9.17) is 0 Å². The zero-order valence-corrected chi connectivity index (χ0v) is 20.2. The molecule has 4 aromatic rings. The van der Waals surface area contributed by atoms with E-state index in [1.807, 2.05) is 23.6 Å². The fourth-order valence-electron chi connectivity index (χ4n) is 3.35. The smallest absolute Gasteiger partial charge is 0.234 e. The quantitative estimate of drug-likeness (QED) is 0.294. The fourth-order valence-corrected chi connectivity index (χ4v) is 4.84. The summed E-state index contributed by atoms with van der Waals surface area (Å²) >= 11 is 2.66. The Bertz CT molecular complexity index is 1410. The molecular formula is C26H19FN4O2S2. The van der Waals surface area contributed by atoms with Crippen molar-refractivity contribution in [2.75, 3.05) is 16.4 Å². The first-order chi connectivity index (χ1) is 16.9. The van der Waals surface area contributed by atoms with Crippen LogP contribution in [0.1, 0.15) is 12.5 Å². The Morgan fingerprint density at radius 3 is 2.46 bits per heavy atom. The molecule has 4 rings (SSSR count). The first-order valence-electron chi connectivity index (χ1n) is 10.5. The molecule has 2 N–H and O–H groups in total. The van der Waals surface area contributed by atoms with Gasteiger partial charge in [-0.15, -0.1) is 11.3 Å². The third-order valence-corrected chi connectivity index (χ3v) is 6.70. The van der Waals surface area contributed by atoms with Gasteiger partial charge in [0.25, 0.3) is 0 Å². The Labute approximate surface area is 209 Å². The van der Waals surface area contributed by atoms with Crippen molar-refractivity contribution in [3.05, 3.63) is 83.5 Å². The van der Waals surface area contributed by atoms with Gasteiger partial charge in [-0.3, -0.25) is 9.59 Å². The molecule has 35 heavy (non-hydrogen) atoms. The molecule has 2 heterocycles. The largest absolute Gasteiger partial charge is 0.326 e. The van der Waals surface area contributed by atoms with Gasteiger partial charge >= 0.3 is 0 Å². The van der Waals surface area contributed by atoms with Gasteiger partial charge in [-0.25, -0.2) is 9.37 Å². The number of carbonyl (C=O) groups is 2. The highest BCUT2D eigenvalue weighted by Crippen LogP contribution is 2.35. The molecule has 2 amide bonds. The second kappa shape index (κ2) is 11.0. The molecule has 0 saturated carbocycles. The van der Waals surface area contributed by atoms with Crippen molar-refractivity contribution in [3.8, 4) is 27.8 Å². The Hall–Kier alpha value is -4.00. The standard InChI is InChI=1S/C26H19FN4O2S2/c1-16(32)29-19-4-2-5-20(12-19)30-25(33)15-35-26-22(14-28)21(17-7-9-18(27)10-8-17)13-23(31-26)24-6-3-11-34-24/h2-13H,15H2,1H3,(H,29,32)(H,30,33). The number of nitriles is 1. The van der Waals surface area contributed by atoms with Crippen LogP contribution < -0.4 is 10.6 Å². The lowest BCUT2D eigenvalue weighted by Gasteiger charge is -2.12. The Morgan fingerprint density at radius 1 is 1.06 bits per heavy atom. The summed E-state index contributed by atoms with van der Waals surface area (Å²) in [5.41, 5.74) is 3.41. The van der Waals surface area contributed by atoms with Crippen molar-refractivity contribution in [3.63, 3.8) is 0 Å². The van der Waals surface area contributed by atoms with Gasteiger partial charge in [0.1, 0.15) is 16.9 Å². The number of benzene rings is 2. The van der Waals surface area contributed by atoms with E-state index in [0.29, 0.717) is 38.8 Å². The molecular weight excluding hydrogens is 483 g/mol. The Morgan fingerprint density at radius 2 is 1.80 bits per heavy atom. The molecule has 0 aliphatic heterocycles. The number of halogens is 1. The second-order valence-electron chi connectivity index (χ2n) is 7.43. The monoisotopic (exact) mass is 502 g/mol. The van der Waals surface area contributed by atoms with Crippen LogP contribution in [0.3, 0.4) is 0 Å². The van der Waals surface area contributed by atoms with Gasteiger partial charge in [-0.2, -0.15) is 5.26 Å². The number of carbonyl (C=O) groups excluding carboxylic acids is 2. The molecule has 0 fully saturated rings. The lowest BCUT2D eigenvalue weighted by Crippen LogP contribution is -2.15. The van der Waals surface area contributed by atoms with Crippen LogP contribution in [0.5, 0.6) is 0 Å².